The molecule has 1 unspecified atom stereocenters. The number of halogens is 3. The van der Waals surface area contributed by atoms with Crippen LogP contribution >= 0.6 is 0 Å². The van der Waals surface area contributed by atoms with Crippen molar-refractivity contribution in [2.24, 2.45) is 11.3 Å². The van der Waals surface area contributed by atoms with E-state index in [1.165, 1.54) is 35.3 Å². The Morgan fingerprint density at radius 3 is 2.57 bits per heavy atom. The van der Waals surface area contributed by atoms with E-state index in [1.807, 2.05) is 25.7 Å². The molecular formula is C31H40F3N7O4S. The molecule has 5 rings (SSSR count). The van der Waals surface area contributed by atoms with Gasteiger partial charge in [-0.15, -0.1) is 0 Å². The minimum atomic E-state index is -4.33. The predicted octanol–water partition coefficient (Wildman–Crippen LogP) is 5.73. The van der Waals surface area contributed by atoms with Crippen LogP contribution in [0.4, 0.5) is 24.8 Å². The van der Waals surface area contributed by atoms with Crippen molar-refractivity contribution in [1.82, 2.24) is 24.5 Å². The zero-order valence-electron chi connectivity index (χ0n) is 26.4. The third-order valence-electron chi connectivity index (χ3n) is 8.59. The van der Waals surface area contributed by atoms with Gasteiger partial charge in [0.05, 0.1) is 30.0 Å². The van der Waals surface area contributed by atoms with Crippen molar-refractivity contribution >= 4 is 27.6 Å². The first-order valence-corrected chi connectivity index (χ1v) is 16.9. The maximum absolute atomic E-state index is 13.6. The molecule has 15 heteroatoms. The van der Waals surface area contributed by atoms with Gasteiger partial charge in [-0.25, -0.2) is 19.4 Å². The van der Waals surface area contributed by atoms with Crippen LogP contribution in [0.15, 0.2) is 47.8 Å². The Morgan fingerprint density at radius 1 is 1.15 bits per heavy atom. The number of ether oxygens (including phenoxy) is 1. The molecule has 1 aliphatic heterocycles. The molecule has 0 radical (unpaired) electrons. The van der Waals surface area contributed by atoms with Crippen LogP contribution in [0.1, 0.15) is 76.6 Å². The van der Waals surface area contributed by atoms with Crippen LogP contribution in [-0.2, 0) is 10.0 Å². The van der Waals surface area contributed by atoms with Crippen molar-refractivity contribution in [3.63, 3.8) is 0 Å². The van der Waals surface area contributed by atoms with E-state index in [-0.39, 0.29) is 53.9 Å². The monoisotopic (exact) mass is 663 g/mol. The first-order chi connectivity index (χ1) is 21.6. The van der Waals surface area contributed by atoms with Gasteiger partial charge >= 0.3 is 6.18 Å². The maximum atomic E-state index is 13.6. The lowest BCUT2D eigenvalue weighted by Gasteiger charge is -2.34. The lowest BCUT2D eigenvalue weighted by atomic mass is 9.97. The van der Waals surface area contributed by atoms with Gasteiger partial charge in [0.15, 0.2) is 16.6 Å². The normalized spacial score (nSPS) is 18.8. The smallest absolute Gasteiger partial charge is 0.394 e. The summed E-state index contributed by atoms with van der Waals surface area (Å²) in [5.74, 6) is 0.686. The number of nitrogens with one attached hydrogen (secondary N) is 2. The first kappa shape index (κ1) is 33.5. The third kappa shape index (κ3) is 7.24. The average Bonchev–Trinajstić information content (AvgIpc) is 3.55. The van der Waals surface area contributed by atoms with E-state index < -0.39 is 33.1 Å². The summed E-state index contributed by atoms with van der Waals surface area (Å²) < 4.78 is 75.5. The van der Waals surface area contributed by atoms with Crippen molar-refractivity contribution in [2.75, 3.05) is 29.9 Å². The summed E-state index contributed by atoms with van der Waals surface area (Å²) in [5, 5.41) is 7.06. The number of sulfonamides is 1. The highest BCUT2D eigenvalue weighted by Crippen LogP contribution is 2.59. The van der Waals surface area contributed by atoms with Crippen molar-refractivity contribution < 1.29 is 31.1 Å². The number of nitrogens with zero attached hydrogens (tertiary/aromatic N) is 5. The minimum Gasteiger partial charge on any atom is -0.490 e. The number of hydrogen-bond acceptors (Lipinski definition) is 9. The molecule has 46 heavy (non-hydrogen) atoms. The second-order valence-electron chi connectivity index (χ2n) is 12.8. The highest BCUT2D eigenvalue weighted by atomic mass is 32.2. The van der Waals surface area contributed by atoms with E-state index in [9.17, 15) is 26.4 Å². The van der Waals surface area contributed by atoms with Crippen LogP contribution in [0.2, 0.25) is 0 Å². The number of aromatic nitrogens is 4. The van der Waals surface area contributed by atoms with E-state index in [0.29, 0.717) is 24.7 Å². The molecule has 1 atom stereocenters. The molecule has 2 N–H and O–H groups in total. The summed E-state index contributed by atoms with van der Waals surface area (Å²) in [6.07, 6.45) is 1.41. The van der Waals surface area contributed by atoms with Crippen molar-refractivity contribution in [3.05, 3.63) is 48.3 Å². The van der Waals surface area contributed by atoms with Crippen LogP contribution in [0.3, 0.4) is 0 Å². The quantitative estimate of drug-likeness (QED) is 0.220. The van der Waals surface area contributed by atoms with Gasteiger partial charge in [0.1, 0.15) is 11.6 Å². The molecule has 1 saturated carbocycles. The molecule has 11 nitrogen and oxygen atoms in total. The molecule has 1 aliphatic carbocycles. The fourth-order valence-electron chi connectivity index (χ4n) is 5.89. The number of anilines is 2. The number of alkyl halides is 3. The second-order valence-corrected chi connectivity index (χ2v) is 14.5. The molecule has 0 aromatic carbocycles. The standard InChI is InChI=1S/C31H40F3N7O4S/c1-5-6-15-35-24-8-7-9-26(37-24)46(43,44)39-28(42)23-10-11-25(38-27(23)40-19-21(2)17-29(40,3)4)41-20-22(18-36-41)45-16-14-30(12-13-30)31(32,33)34/h7-11,18,20-21H,5-6,12-17,19H2,1-4H3,(H,35,37)(H,39,42). The molecule has 0 spiro atoms. The molecule has 3 aromatic rings. The molecular weight excluding hydrogens is 623 g/mol. The first-order valence-electron chi connectivity index (χ1n) is 15.5. The van der Waals surface area contributed by atoms with Crippen LogP contribution in [0.5, 0.6) is 5.75 Å². The summed E-state index contributed by atoms with van der Waals surface area (Å²) >= 11 is 0. The molecule has 2 fully saturated rings. The van der Waals surface area contributed by atoms with Gasteiger partial charge in [-0.2, -0.15) is 26.7 Å². The molecule has 1 saturated heterocycles. The number of rotatable bonds is 13. The molecule has 2 aliphatic rings. The highest BCUT2D eigenvalue weighted by Gasteiger charge is 2.62. The van der Waals surface area contributed by atoms with Gasteiger partial charge < -0.3 is 15.0 Å². The summed E-state index contributed by atoms with van der Waals surface area (Å²) in [5.41, 5.74) is -2.00. The molecule has 4 heterocycles. The largest absolute Gasteiger partial charge is 0.490 e. The number of hydrogen-bond donors (Lipinski definition) is 2. The minimum absolute atomic E-state index is 0.0530. The third-order valence-corrected chi connectivity index (χ3v) is 9.83. The Labute approximate surface area is 267 Å². The lowest BCUT2D eigenvalue weighted by molar-refractivity contribution is -0.190. The van der Waals surface area contributed by atoms with Crippen LogP contribution in [0, 0.1) is 11.3 Å². The maximum Gasteiger partial charge on any atom is 0.394 e. The average molecular weight is 664 g/mol. The van der Waals surface area contributed by atoms with Gasteiger partial charge in [0, 0.05) is 18.6 Å². The lowest BCUT2D eigenvalue weighted by Crippen LogP contribution is -2.41. The molecule has 0 bridgehead atoms. The number of carbonyl (C=O) groups excluding carboxylic acids is 1. The van der Waals surface area contributed by atoms with E-state index in [2.05, 4.69) is 27.0 Å². The SMILES string of the molecule is CCCCNc1cccc(S(=O)(=O)NC(=O)c2ccc(-n3cc(OCCC4(C(F)(F)F)CC4)cn3)nc2N2CC(C)CC2(C)C)n1. The van der Waals surface area contributed by atoms with E-state index in [1.54, 1.807) is 12.1 Å². The van der Waals surface area contributed by atoms with Gasteiger partial charge in [-0.3, -0.25) is 4.79 Å². The molecule has 1 amide bonds. The Bertz CT molecular complexity index is 1670. The summed E-state index contributed by atoms with van der Waals surface area (Å²) in [6, 6.07) is 7.54. The van der Waals surface area contributed by atoms with Crippen LogP contribution in [-0.4, -0.2) is 65.5 Å². The van der Waals surface area contributed by atoms with Crippen molar-refractivity contribution in [3.8, 4) is 11.6 Å². The second kappa shape index (κ2) is 12.7. The van der Waals surface area contributed by atoms with Crippen LogP contribution < -0.4 is 19.7 Å². The summed E-state index contributed by atoms with van der Waals surface area (Å²) in [7, 11) is -4.33. The zero-order valence-corrected chi connectivity index (χ0v) is 27.2. The predicted molar refractivity (Wildman–Crippen MR) is 167 cm³/mol. The number of pyridine rings is 2. The number of carbonyl (C=O) groups is 1. The van der Waals surface area contributed by atoms with E-state index in [0.717, 1.165) is 19.3 Å². The van der Waals surface area contributed by atoms with Gasteiger partial charge in [0.2, 0.25) is 0 Å². The molecule has 250 valence electrons. The van der Waals surface area contributed by atoms with E-state index in [4.69, 9.17) is 9.72 Å². The molecule has 3 aromatic heterocycles. The van der Waals surface area contributed by atoms with Gasteiger partial charge in [0.25, 0.3) is 15.9 Å². The van der Waals surface area contributed by atoms with Crippen LogP contribution in [0.25, 0.3) is 5.82 Å². The fraction of sp³-hybridized carbons (Fsp3) is 0.548. The summed E-state index contributed by atoms with van der Waals surface area (Å²) in [6.45, 7) is 9.29. The Balaban J connectivity index is 1.38. The highest BCUT2D eigenvalue weighted by molar-refractivity contribution is 7.90. The zero-order chi connectivity index (χ0) is 33.3. The Morgan fingerprint density at radius 2 is 1.91 bits per heavy atom. The van der Waals surface area contributed by atoms with Gasteiger partial charge in [-0.05, 0) is 76.1 Å². The Kier molecular flexibility index (Phi) is 9.26. The number of unbranched alkanes of at least 4 members (excludes halogenated alkanes) is 1. The number of amides is 1. The van der Waals surface area contributed by atoms with E-state index >= 15 is 0 Å². The summed E-state index contributed by atoms with van der Waals surface area (Å²) in [4.78, 5) is 24.5. The van der Waals surface area contributed by atoms with Crippen molar-refractivity contribution in [2.45, 2.75) is 83.0 Å². The fourth-order valence-corrected chi connectivity index (χ4v) is 6.83. The van der Waals surface area contributed by atoms with Crippen molar-refractivity contribution in [1.29, 1.82) is 0 Å². The van der Waals surface area contributed by atoms with Gasteiger partial charge in [-0.1, -0.05) is 26.3 Å². The Hall–Kier alpha value is -3.88. The topological polar surface area (TPSA) is 131 Å².